The molecule has 3 heterocycles. The minimum Gasteiger partial charge on any atom is -0.262 e. The van der Waals surface area contributed by atoms with Crippen molar-refractivity contribution >= 4 is 19.5 Å². The van der Waals surface area contributed by atoms with Gasteiger partial charge in [-0.3, -0.25) is 5.41 Å². The van der Waals surface area contributed by atoms with Crippen LogP contribution in [0.15, 0.2) is 35.4 Å². The number of nitrogens with one attached hydrogen (secondary N) is 1. The van der Waals surface area contributed by atoms with Gasteiger partial charge in [0.25, 0.3) is 5.96 Å². The number of phosphoric acid groups is 1. The second-order valence-electron chi connectivity index (χ2n) is 3.60. The van der Waals surface area contributed by atoms with Crippen LogP contribution in [0.25, 0.3) is 0 Å². The van der Waals surface area contributed by atoms with E-state index in [0.29, 0.717) is 10.9 Å². The van der Waals surface area contributed by atoms with Gasteiger partial charge < -0.3 is 0 Å². The molecule has 0 spiro atoms. The summed E-state index contributed by atoms with van der Waals surface area (Å²) in [5, 5.41) is 13.1. The van der Waals surface area contributed by atoms with E-state index in [9.17, 15) is 4.57 Å². The van der Waals surface area contributed by atoms with Gasteiger partial charge in [-0.25, -0.2) is 4.57 Å². The Hall–Kier alpha value is -1.73. The Morgan fingerprint density at radius 2 is 1.94 bits per heavy atom. The number of hydroxylamine groups is 3. The third-order valence-electron chi connectivity index (χ3n) is 2.31. The maximum Gasteiger partial charge on any atom is 0.545 e. The Kier molecular flexibility index (Phi) is 2.46. The number of hydrazone groups is 1. The van der Waals surface area contributed by atoms with Crippen LogP contribution in [0.4, 0.5) is 0 Å². The first-order chi connectivity index (χ1) is 8.57. The van der Waals surface area contributed by atoms with Gasteiger partial charge in [0, 0.05) is 0 Å². The largest absolute Gasteiger partial charge is 0.545 e. The van der Waals surface area contributed by atoms with Gasteiger partial charge in [0.2, 0.25) is 0 Å². The highest BCUT2D eigenvalue weighted by Crippen LogP contribution is 2.63. The van der Waals surface area contributed by atoms with Crippen LogP contribution in [0, 0.1) is 5.41 Å². The molecule has 2 bridgehead atoms. The highest BCUT2D eigenvalue weighted by Gasteiger charge is 2.56. The SMILES string of the molecule is C/C(=N\N1OP2(=O)ON(O2)C1=N)c1ccccc1. The van der Waals surface area contributed by atoms with E-state index < -0.39 is 7.82 Å². The molecule has 8 nitrogen and oxygen atoms in total. The molecule has 18 heavy (non-hydrogen) atoms. The Bertz CT molecular complexity index is 565. The van der Waals surface area contributed by atoms with Crippen LogP contribution in [0.1, 0.15) is 12.5 Å². The number of nitrogens with zero attached hydrogens (tertiary/aromatic N) is 3. The molecule has 3 fully saturated rings. The van der Waals surface area contributed by atoms with Crippen LogP contribution in [-0.4, -0.2) is 22.1 Å². The summed E-state index contributed by atoms with van der Waals surface area (Å²) in [6.45, 7) is 1.75. The summed E-state index contributed by atoms with van der Waals surface area (Å²) in [7, 11) is -3.58. The quantitative estimate of drug-likeness (QED) is 0.650. The van der Waals surface area contributed by atoms with Gasteiger partial charge in [0.05, 0.1) is 5.71 Å². The second kappa shape index (κ2) is 3.89. The van der Waals surface area contributed by atoms with Gasteiger partial charge in [-0.2, -0.15) is 0 Å². The molecule has 0 radical (unpaired) electrons. The lowest BCUT2D eigenvalue weighted by molar-refractivity contribution is -0.352. The van der Waals surface area contributed by atoms with Crippen molar-refractivity contribution in [3.8, 4) is 0 Å². The van der Waals surface area contributed by atoms with E-state index in [1.54, 1.807) is 6.92 Å². The topological polar surface area (TPSA) is 87.4 Å². The first-order valence-electron chi connectivity index (χ1n) is 5.06. The lowest BCUT2D eigenvalue weighted by Crippen LogP contribution is -2.52. The maximum atomic E-state index is 11.5. The molecule has 1 aromatic rings. The van der Waals surface area contributed by atoms with E-state index in [2.05, 4.69) is 14.4 Å². The fourth-order valence-electron chi connectivity index (χ4n) is 1.44. The van der Waals surface area contributed by atoms with Crippen molar-refractivity contribution in [2.75, 3.05) is 0 Å². The Morgan fingerprint density at radius 3 is 2.61 bits per heavy atom. The fourth-order valence-corrected chi connectivity index (χ4v) is 2.33. The maximum absolute atomic E-state index is 11.5. The van der Waals surface area contributed by atoms with Crippen LogP contribution < -0.4 is 0 Å². The van der Waals surface area contributed by atoms with E-state index in [1.807, 2.05) is 30.3 Å². The van der Waals surface area contributed by atoms with Gasteiger partial charge in [-0.05, 0) is 12.5 Å². The third-order valence-corrected chi connectivity index (χ3v) is 3.36. The van der Waals surface area contributed by atoms with Crippen LogP contribution in [0.3, 0.4) is 0 Å². The molecule has 9 heteroatoms. The van der Waals surface area contributed by atoms with E-state index >= 15 is 0 Å². The van der Waals surface area contributed by atoms with Crippen LogP contribution >= 0.6 is 7.82 Å². The Labute approximate surface area is 102 Å². The van der Waals surface area contributed by atoms with Crippen LogP contribution in [-0.2, 0) is 18.4 Å². The molecule has 3 aliphatic heterocycles. The van der Waals surface area contributed by atoms with Gasteiger partial charge in [-0.15, -0.1) is 19.0 Å². The molecule has 1 aromatic carbocycles. The van der Waals surface area contributed by atoms with E-state index in [4.69, 9.17) is 10.0 Å². The van der Waals surface area contributed by atoms with E-state index in [0.717, 1.165) is 10.7 Å². The first kappa shape index (κ1) is 11.4. The Balaban J connectivity index is 1.84. The summed E-state index contributed by atoms with van der Waals surface area (Å²) in [6.07, 6.45) is 0. The predicted octanol–water partition coefficient (Wildman–Crippen LogP) is 1.88. The normalized spacial score (nSPS) is 27.2. The van der Waals surface area contributed by atoms with Gasteiger partial charge >= 0.3 is 7.82 Å². The van der Waals surface area contributed by atoms with Gasteiger partial charge in [0.15, 0.2) is 0 Å². The van der Waals surface area contributed by atoms with Crippen LogP contribution in [0.2, 0.25) is 0 Å². The number of fused-ring (bicyclic) bond motifs is 2. The molecule has 3 saturated heterocycles. The lowest BCUT2D eigenvalue weighted by Gasteiger charge is -2.42. The van der Waals surface area contributed by atoms with Crippen molar-refractivity contribution in [2.45, 2.75) is 6.92 Å². The summed E-state index contributed by atoms with van der Waals surface area (Å²) in [6, 6.07) is 9.35. The Morgan fingerprint density at radius 1 is 1.28 bits per heavy atom. The fraction of sp³-hybridized carbons (Fsp3) is 0.111. The summed E-state index contributed by atoms with van der Waals surface area (Å²) >= 11 is 0. The number of rotatable bonds is 2. The van der Waals surface area contributed by atoms with Gasteiger partial charge in [-0.1, -0.05) is 40.7 Å². The van der Waals surface area contributed by atoms with E-state index in [1.165, 1.54) is 0 Å². The smallest absolute Gasteiger partial charge is 0.262 e. The second-order valence-corrected chi connectivity index (χ2v) is 4.98. The molecular weight excluding hydrogens is 259 g/mol. The zero-order chi connectivity index (χ0) is 12.8. The molecule has 4 rings (SSSR count). The molecule has 3 aliphatic rings. The third kappa shape index (κ3) is 1.81. The number of benzene rings is 1. The molecule has 1 N–H and O–H groups in total. The monoisotopic (exact) mass is 268 g/mol. The molecule has 94 valence electrons. The van der Waals surface area contributed by atoms with Crippen molar-refractivity contribution in [1.29, 1.82) is 5.41 Å². The van der Waals surface area contributed by atoms with Crippen molar-refractivity contribution < 1.29 is 18.4 Å². The minimum absolute atomic E-state index is 0.303. The average molecular weight is 268 g/mol. The predicted molar refractivity (Wildman–Crippen MR) is 60.9 cm³/mol. The van der Waals surface area contributed by atoms with Crippen LogP contribution in [0.5, 0.6) is 0 Å². The van der Waals surface area contributed by atoms with Crippen molar-refractivity contribution in [1.82, 2.24) is 10.4 Å². The molecule has 0 saturated carbocycles. The average Bonchev–Trinajstić information content (AvgIpc) is 2.33. The zero-order valence-electron chi connectivity index (χ0n) is 9.31. The number of guanidine groups is 1. The molecular formula is C9H9N4O4P. The van der Waals surface area contributed by atoms with E-state index in [-0.39, 0.29) is 5.96 Å². The minimum atomic E-state index is -3.58. The highest BCUT2D eigenvalue weighted by atomic mass is 31.2. The molecule has 0 aromatic heterocycles. The van der Waals surface area contributed by atoms with Crippen molar-refractivity contribution in [3.63, 3.8) is 0 Å². The number of hydrogen-bond acceptors (Lipinski definition) is 6. The molecule has 0 atom stereocenters. The summed E-state index contributed by atoms with van der Waals surface area (Å²) in [4.78, 5) is 0. The zero-order valence-corrected chi connectivity index (χ0v) is 10.2. The molecule has 0 amide bonds. The summed E-state index contributed by atoms with van der Waals surface area (Å²) in [5.74, 6) is -0.303. The lowest BCUT2D eigenvalue weighted by atomic mass is 10.1. The van der Waals surface area contributed by atoms with Crippen molar-refractivity contribution in [2.24, 2.45) is 5.10 Å². The first-order valence-corrected chi connectivity index (χ1v) is 6.52. The number of hydrogen-bond donors (Lipinski definition) is 1. The van der Waals surface area contributed by atoms with Crippen molar-refractivity contribution in [3.05, 3.63) is 35.9 Å². The molecule has 0 unspecified atom stereocenters. The summed E-state index contributed by atoms with van der Waals surface area (Å²) in [5.41, 5.74) is 1.47. The summed E-state index contributed by atoms with van der Waals surface area (Å²) < 4.78 is 25.5. The highest BCUT2D eigenvalue weighted by molar-refractivity contribution is 7.49. The molecule has 0 aliphatic carbocycles. The van der Waals surface area contributed by atoms with Gasteiger partial charge in [0.1, 0.15) is 0 Å². The standard InChI is InChI=1S/C9H9N4O4P/c1-7(8-5-3-2-4-6-8)11-12-9(10)13-16-18(14,15-12)17-13/h2-6,10H,1H3/b10-9?,11-7+.